The molecule has 26 heavy (non-hydrogen) atoms. The maximum atomic E-state index is 12.7. The Bertz CT molecular complexity index is 886. The number of carbonyl (C=O) groups excluding carboxylic acids is 1. The van der Waals surface area contributed by atoms with E-state index in [1.54, 1.807) is 11.3 Å². The molecule has 4 rings (SSSR count). The summed E-state index contributed by atoms with van der Waals surface area (Å²) < 4.78 is 2.09. The number of amides is 1. The number of likely N-dealkylation sites (tertiary alicyclic amines) is 1. The van der Waals surface area contributed by atoms with E-state index in [0.29, 0.717) is 6.42 Å². The molecule has 2 aromatic heterocycles. The predicted molar refractivity (Wildman–Crippen MR) is 107 cm³/mol. The van der Waals surface area contributed by atoms with Gasteiger partial charge in [0.2, 0.25) is 5.91 Å². The summed E-state index contributed by atoms with van der Waals surface area (Å²) in [7, 11) is 0. The Balaban J connectivity index is 1.54. The number of benzene rings is 1. The van der Waals surface area contributed by atoms with Gasteiger partial charge in [0.25, 0.3) is 0 Å². The minimum absolute atomic E-state index is 0.245. The average molecular weight is 368 g/mol. The largest absolute Gasteiger partial charge is 0.342 e. The third-order valence-electron chi connectivity index (χ3n) is 5.23. The Morgan fingerprint density at radius 2 is 1.85 bits per heavy atom. The zero-order valence-electron chi connectivity index (χ0n) is 15.3. The van der Waals surface area contributed by atoms with Gasteiger partial charge in [0.15, 0.2) is 4.96 Å². The normalized spacial score (nSPS) is 15.3. The summed E-state index contributed by atoms with van der Waals surface area (Å²) in [4.78, 5) is 20.5. The fourth-order valence-corrected chi connectivity index (χ4v) is 4.47. The molecule has 136 valence electrons. The zero-order valence-corrected chi connectivity index (χ0v) is 16.1. The van der Waals surface area contributed by atoms with Crippen molar-refractivity contribution in [3.63, 3.8) is 0 Å². The van der Waals surface area contributed by atoms with Gasteiger partial charge in [-0.3, -0.25) is 9.20 Å². The Kier molecular flexibility index (Phi) is 5.07. The summed E-state index contributed by atoms with van der Waals surface area (Å²) in [6.07, 6.45) is 8.33. The maximum Gasteiger partial charge on any atom is 0.228 e. The van der Waals surface area contributed by atoms with Crippen molar-refractivity contribution in [3.8, 4) is 11.3 Å². The van der Waals surface area contributed by atoms with E-state index in [-0.39, 0.29) is 5.91 Å². The molecule has 0 bridgehead atoms. The van der Waals surface area contributed by atoms with Crippen LogP contribution in [0.2, 0.25) is 0 Å². The van der Waals surface area contributed by atoms with Crippen molar-refractivity contribution in [1.82, 2.24) is 14.3 Å². The third-order valence-corrected chi connectivity index (χ3v) is 6.12. The highest BCUT2D eigenvalue weighted by Crippen LogP contribution is 2.25. The van der Waals surface area contributed by atoms with E-state index in [1.165, 1.54) is 18.4 Å². The van der Waals surface area contributed by atoms with Crippen LogP contribution in [0.4, 0.5) is 0 Å². The van der Waals surface area contributed by atoms with Gasteiger partial charge in [0, 0.05) is 35.9 Å². The summed E-state index contributed by atoms with van der Waals surface area (Å²) in [5, 5.41) is 2.07. The lowest BCUT2D eigenvalue weighted by Crippen LogP contribution is -2.33. The van der Waals surface area contributed by atoms with Crippen molar-refractivity contribution >= 4 is 22.2 Å². The number of thiazole rings is 1. The van der Waals surface area contributed by atoms with Crippen LogP contribution in [-0.4, -0.2) is 33.3 Å². The molecular formula is C21H25N3OS. The van der Waals surface area contributed by atoms with E-state index in [9.17, 15) is 4.79 Å². The molecule has 4 nitrogen and oxygen atoms in total. The molecule has 1 fully saturated rings. The number of rotatable bonds is 4. The Morgan fingerprint density at radius 1 is 1.12 bits per heavy atom. The number of hydrogen-bond acceptors (Lipinski definition) is 3. The number of imidazole rings is 1. The van der Waals surface area contributed by atoms with Gasteiger partial charge in [-0.1, -0.05) is 44.0 Å². The minimum Gasteiger partial charge on any atom is -0.342 e. The van der Waals surface area contributed by atoms with E-state index >= 15 is 0 Å². The zero-order chi connectivity index (χ0) is 17.9. The van der Waals surface area contributed by atoms with Crippen molar-refractivity contribution in [1.29, 1.82) is 0 Å². The molecule has 3 aromatic rings. The van der Waals surface area contributed by atoms with Crippen LogP contribution in [0, 0.1) is 0 Å². The average Bonchev–Trinajstić information content (AvgIpc) is 3.12. The summed E-state index contributed by atoms with van der Waals surface area (Å²) in [5.41, 5.74) is 4.48. The van der Waals surface area contributed by atoms with E-state index in [1.807, 2.05) is 4.90 Å². The van der Waals surface area contributed by atoms with E-state index < -0.39 is 0 Å². The van der Waals surface area contributed by atoms with E-state index in [0.717, 1.165) is 54.3 Å². The molecule has 5 heteroatoms. The second-order valence-electron chi connectivity index (χ2n) is 7.03. The molecule has 1 aliphatic heterocycles. The second kappa shape index (κ2) is 7.62. The van der Waals surface area contributed by atoms with Crippen molar-refractivity contribution < 1.29 is 4.79 Å². The van der Waals surface area contributed by atoms with Crippen LogP contribution in [0.15, 0.2) is 35.8 Å². The highest BCUT2D eigenvalue weighted by Gasteiger charge is 2.18. The van der Waals surface area contributed by atoms with E-state index in [4.69, 9.17) is 4.98 Å². The van der Waals surface area contributed by atoms with Crippen LogP contribution in [-0.2, 0) is 17.6 Å². The molecular weight excluding hydrogens is 342 g/mol. The van der Waals surface area contributed by atoms with Crippen molar-refractivity contribution in [2.24, 2.45) is 0 Å². The fourth-order valence-electron chi connectivity index (χ4n) is 3.59. The first-order valence-electron chi connectivity index (χ1n) is 9.57. The van der Waals surface area contributed by atoms with Crippen LogP contribution in [0.3, 0.4) is 0 Å². The smallest absolute Gasteiger partial charge is 0.228 e. The summed E-state index contributed by atoms with van der Waals surface area (Å²) >= 11 is 1.61. The lowest BCUT2D eigenvalue weighted by molar-refractivity contribution is -0.130. The highest BCUT2D eigenvalue weighted by molar-refractivity contribution is 7.15. The first-order chi connectivity index (χ1) is 12.7. The van der Waals surface area contributed by atoms with Gasteiger partial charge in [0.05, 0.1) is 12.1 Å². The third kappa shape index (κ3) is 3.54. The first-order valence-corrected chi connectivity index (χ1v) is 10.4. The number of aryl methyl sites for hydroxylation is 1. The minimum atomic E-state index is 0.245. The number of nitrogens with zero attached hydrogens (tertiary/aromatic N) is 3. The molecule has 0 N–H and O–H groups in total. The number of hydrogen-bond donors (Lipinski definition) is 0. The lowest BCUT2D eigenvalue weighted by atomic mass is 10.1. The summed E-state index contributed by atoms with van der Waals surface area (Å²) in [5.74, 6) is 0.245. The number of aromatic nitrogens is 2. The molecule has 3 heterocycles. The van der Waals surface area contributed by atoms with Gasteiger partial charge < -0.3 is 4.90 Å². The van der Waals surface area contributed by atoms with Gasteiger partial charge in [0.1, 0.15) is 0 Å². The predicted octanol–water partition coefficient (Wildman–Crippen LogP) is 4.57. The van der Waals surface area contributed by atoms with Crippen molar-refractivity contribution in [2.75, 3.05) is 13.1 Å². The molecule has 0 radical (unpaired) electrons. The van der Waals surface area contributed by atoms with Crippen LogP contribution < -0.4 is 0 Å². The molecule has 0 atom stereocenters. The fraction of sp³-hybridized carbons (Fsp3) is 0.429. The van der Waals surface area contributed by atoms with Crippen molar-refractivity contribution in [2.45, 2.75) is 45.4 Å². The van der Waals surface area contributed by atoms with Crippen LogP contribution >= 0.6 is 11.3 Å². The maximum absolute atomic E-state index is 12.7. The van der Waals surface area contributed by atoms with Gasteiger partial charge in [-0.15, -0.1) is 11.3 Å². The lowest BCUT2D eigenvalue weighted by Gasteiger charge is -2.19. The second-order valence-corrected chi connectivity index (χ2v) is 7.86. The standard InChI is InChI=1S/C21H25N3OS/c1-2-16-7-9-17(10-8-16)19-14-24-18(15-26-21(24)22-19)13-20(25)23-11-5-3-4-6-12-23/h7-10,14-15H,2-6,11-13H2,1H3. The summed E-state index contributed by atoms with van der Waals surface area (Å²) in [6, 6.07) is 8.58. The van der Waals surface area contributed by atoms with Crippen LogP contribution in [0.1, 0.15) is 43.9 Å². The monoisotopic (exact) mass is 367 g/mol. The number of carbonyl (C=O) groups is 1. The van der Waals surface area contributed by atoms with Gasteiger partial charge >= 0.3 is 0 Å². The number of fused-ring (bicyclic) bond motifs is 1. The molecule has 0 spiro atoms. The molecule has 0 saturated carbocycles. The Hall–Kier alpha value is -2.14. The topological polar surface area (TPSA) is 37.6 Å². The summed E-state index contributed by atoms with van der Waals surface area (Å²) in [6.45, 7) is 3.98. The van der Waals surface area contributed by atoms with Gasteiger partial charge in [-0.25, -0.2) is 4.98 Å². The van der Waals surface area contributed by atoms with Crippen LogP contribution in [0.25, 0.3) is 16.2 Å². The highest BCUT2D eigenvalue weighted by atomic mass is 32.1. The molecule has 0 unspecified atom stereocenters. The van der Waals surface area contributed by atoms with Gasteiger partial charge in [-0.05, 0) is 24.8 Å². The molecule has 1 aliphatic rings. The molecule has 1 aromatic carbocycles. The Morgan fingerprint density at radius 3 is 2.54 bits per heavy atom. The van der Waals surface area contributed by atoms with Gasteiger partial charge in [-0.2, -0.15) is 0 Å². The Labute approximate surface area is 158 Å². The molecule has 1 saturated heterocycles. The van der Waals surface area contributed by atoms with E-state index in [2.05, 4.69) is 47.2 Å². The van der Waals surface area contributed by atoms with Crippen molar-refractivity contribution in [3.05, 3.63) is 47.1 Å². The van der Waals surface area contributed by atoms with Crippen LogP contribution in [0.5, 0.6) is 0 Å². The quantitative estimate of drug-likeness (QED) is 0.677. The first kappa shape index (κ1) is 17.3. The molecule has 1 amide bonds. The molecule has 0 aliphatic carbocycles. The SMILES string of the molecule is CCc1ccc(-c2cn3c(CC(=O)N4CCCCCC4)csc3n2)cc1.